The van der Waals surface area contributed by atoms with Crippen molar-refractivity contribution in [2.45, 2.75) is 58.7 Å². The predicted molar refractivity (Wildman–Crippen MR) is 125 cm³/mol. The Kier molecular flexibility index (Phi) is 13.2. The van der Waals surface area contributed by atoms with Crippen LogP contribution in [0.1, 0.15) is 50.9 Å². The fourth-order valence-corrected chi connectivity index (χ4v) is 3.56. The van der Waals surface area contributed by atoms with E-state index in [0.29, 0.717) is 13.0 Å². The molecule has 0 saturated heterocycles. The zero-order valence-corrected chi connectivity index (χ0v) is 22.6. The number of halogens is 1. The molecular weight excluding hydrogens is 549 g/mol. The van der Waals surface area contributed by atoms with Crippen LogP contribution in [0.15, 0.2) is 41.8 Å². The van der Waals surface area contributed by atoms with Crippen molar-refractivity contribution in [3.63, 3.8) is 0 Å². The number of aryl methyl sites for hydroxylation is 2. The van der Waals surface area contributed by atoms with Gasteiger partial charge in [0.25, 0.3) is 0 Å². The van der Waals surface area contributed by atoms with E-state index in [-0.39, 0.29) is 48.4 Å². The first-order valence-electron chi connectivity index (χ1n) is 11.3. The number of imidazole rings is 1. The van der Waals surface area contributed by atoms with Crippen molar-refractivity contribution in [2.75, 3.05) is 13.7 Å². The molecule has 188 valence electrons. The molecule has 0 radical (unpaired) electrons. The molecule has 0 bridgehead atoms. The highest BCUT2D eigenvalue weighted by atomic mass is 127. The number of aromatic nitrogens is 2. The van der Waals surface area contributed by atoms with Crippen LogP contribution in [-0.4, -0.2) is 52.4 Å². The lowest BCUT2D eigenvalue weighted by molar-refractivity contribution is -0.671. The molecule has 2 amide bonds. The van der Waals surface area contributed by atoms with E-state index in [1.807, 2.05) is 66.7 Å². The predicted octanol–water partition coefficient (Wildman–Crippen LogP) is -0.753. The summed E-state index contributed by atoms with van der Waals surface area (Å²) in [5.74, 6) is 1.35. The molecule has 0 spiro atoms. The molecule has 0 unspecified atom stereocenters. The van der Waals surface area contributed by atoms with E-state index >= 15 is 0 Å². The summed E-state index contributed by atoms with van der Waals surface area (Å²) in [5, 5.41) is 14.8. The molecule has 1 aromatic heterocycles. The summed E-state index contributed by atoms with van der Waals surface area (Å²) in [5.41, 5.74) is 0.944. The van der Waals surface area contributed by atoms with E-state index in [1.165, 1.54) is 6.21 Å². The van der Waals surface area contributed by atoms with Crippen LogP contribution >= 0.6 is 0 Å². The number of rotatable bonds is 13. The van der Waals surface area contributed by atoms with Gasteiger partial charge in [-0.25, -0.2) is 9.13 Å². The fraction of sp³-hybridized carbons (Fsp3) is 0.500. The Morgan fingerprint density at radius 3 is 2.56 bits per heavy atom. The number of amides is 2. The van der Waals surface area contributed by atoms with Crippen molar-refractivity contribution in [2.24, 2.45) is 12.2 Å². The largest absolute Gasteiger partial charge is 1.00 e. The van der Waals surface area contributed by atoms with Crippen LogP contribution in [0.4, 0.5) is 0 Å². The minimum absolute atomic E-state index is 0. The summed E-state index contributed by atoms with van der Waals surface area (Å²) in [6.07, 6.45) is 8.13. The number of unbranched alkanes of at least 4 members (excludes halogenated alkanes) is 2. The van der Waals surface area contributed by atoms with Crippen LogP contribution in [0.25, 0.3) is 0 Å². The van der Waals surface area contributed by atoms with E-state index < -0.39 is 0 Å². The van der Waals surface area contributed by atoms with Crippen molar-refractivity contribution in [3.05, 3.63) is 48.0 Å². The molecule has 1 heterocycles. The molecule has 0 fully saturated rings. The first kappa shape index (κ1) is 29.4. The van der Waals surface area contributed by atoms with Crippen LogP contribution in [0.5, 0.6) is 5.75 Å². The summed E-state index contributed by atoms with van der Waals surface area (Å²) >= 11 is 0. The monoisotopic (exact) mass is 585 g/mol. The highest BCUT2D eigenvalue weighted by molar-refractivity contribution is 5.84. The smallest absolute Gasteiger partial charge is 0.303 e. The average Bonchev–Trinajstić information content (AvgIpc) is 3.12. The van der Waals surface area contributed by atoms with E-state index in [0.717, 1.165) is 42.9 Å². The normalized spacial score (nSPS) is 10.9. The molecule has 2 N–H and O–H groups in total. The Bertz CT molecular complexity index is 928. The van der Waals surface area contributed by atoms with E-state index in [2.05, 4.69) is 10.5 Å². The number of carbonyl (C=O) groups is 2. The number of oxime groups is 1. The SMILES string of the molecule is COc1ccc(CN(CC(=O)NC(C)C)C(=O)CCCCCn2cc[n+](C)c2/C=N\O)cc1.[I-]. The van der Waals surface area contributed by atoms with Crippen molar-refractivity contribution >= 4 is 18.0 Å². The van der Waals surface area contributed by atoms with E-state index in [9.17, 15) is 9.59 Å². The molecule has 1 aromatic carbocycles. The van der Waals surface area contributed by atoms with Gasteiger partial charge < -0.3 is 44.1 Å². The minimum atomic E-state index is -0.162. The molecule has 2 rings (SSSR count). The average molecular weight is 585 g/mol. The highest BCUT2D eigenvalue weighted by Crippen LogP contribution is 2.14. The topological polar surface area (TPSA) is 100 Å². The number of benzene rings is 1. The van der Waals surface area contributed by atoms with Gasteiger partial charge in [0.15, 0.2) is 6.21 Å². The molecule has 0 aliphatic heterocycles. The van der Waals surface area contributed by atoms with Gasteiger partial charge in [0.1, 0.15) is 18.1 Å². The van der Waals surface area contributed by atoms with Gasteiger partial charge in [-0.15, -0.1) is 0 Å². The van der Waals surface area contributed by atoms with Crippen LogP contribution in [0.2, 0.25) is 0 Å². The maximum Gasteiger partial charge on any atom is 0.303 e. The van der Waals surface area contributed by atoms with E-state index in [4.69, 9.17) is 9.94 Å². The molecule has 0 atom stereocenters. The third-order valence-electron chi connectivity index (χ3n) is 5.26. The third-order valence-corrected chi connectivity index (χ3v) is 5.26. The lowest BCUT2D eigenvalue weighted by Gasteiger charge is -2.23. The minimum Gasteiger partial charge on any atom is -1.00 e. The Labute approximate surface area is 218 Å². The molecule has 0 saturated carbocycles. The first-order chi connectivity index (χ1) is 15.8. The van der Waals surface area contributed by atoms with Gasteiger partial charge in [0.2, 0.25) is 11.8 Å². The fourth-order valence-electron chi connectivity index (χ4n) is 3.56. The zero-order chi connectivity index (χ0) is 24.2. The Balaban J connectivity index is 0.00000578. The summed E-state index contributed by atoms with van der Waals surface area (Å²) in [4.78, 5) is 26.9. The molecule has 0 aliphatic rings. The number of nitrogens with zero attached hydrogens (tertiary/aromatic N) is 4. The maximum atomic E-state index is 12.9. The van der Waals surface area contributed by atoms with Gasteiger partial charge in [0.05, 0.1) is 27.2 Å². The third kappa shape index (κ3) is 9.70. The molecule has 34 heavy (non-hydrogen) atoms. The number of hydrogen-bond donors (Lipinski definition) is 2. The van der Waals surface area contributed by atoms with E-state index in [1.54, 1.807) is 12.0 Å². The van der Waals surface area contributed by atoms with Crippen molar-refractivity contribution in [1.82, 2.24) is 14.8 Å². The Morgan fingerprint density at radius 1 is 1.24 bits per heavy atom. The van der Waals surface area contributed by atoms with Crippen LogP contribution in [0, 0.1) is 0 Å². The Morgan fingerprint density at radius 2 is 1.94 bits per heavy atom. The number of ether oxygens (including phenoxy) is 1. The van der Waals surface area contributed by atoms with Crippen molar-refractivity contribution in [1.29, 1.82) is 0 Å². The molecule has 2 aromatic rings. The summed E-state index contributed by atoms with van der Waals surface area (Å²) < 4.78 is 9.08. The van der Waals surface area contributed by atoms with Gasteiger partial charge in [-0.2, -0.15) is 0 Å². The standard InChI is InChI=1S/C24H35N5O4.HI/c1-19(2)26-22(30)18-29(17-20-9-11-21(33-4)12-10-20)24(31)8-6-5-7-13-28-15-14-27(3)23(28)16-25-32;/h9-12,14-16,19H,5-8,13,17-18H2,1-4H3,(H,26,30);1H. The summed E-state index contributed by atoms with van der Waals surface area (Å²) in [6, 6.07) is 7.53. The number of nitrogens with one attached hydrogen (secondary N) is 1. The number of hydrogen-bond acceptors (Lipinski definition) is 5. The van der Waals surface area contributed by atoms with Crippen LogP contribution in [0.3, 0.4) is 0 Å². The van der Waals surface area contributed by atoms with Crippen molar-refractivity contribution in [3.8, 4) is 5.75 Å². The lowest BCUT2D eigenvalue weighted by Crippen LogP contribution is -3.00. The van der Waals surface area contributed by atoms with Gasteiger partial charge in [-0.3, -0.25) is 9.59 Å². The van der Waals surface area contributed by atoms with Gasteiger partial charge >= 0.3 is 5.82 Å². The second kappa shape index (κ2) is 15.3. The zero-order valence-electron chi connectivity index (χ0n) is 20.4. The van der Waals surface area contributed by atoms with Crippen LogP contribution in [-0.2, 0) is 29.7 Å². The molecule has 0 aliphatic carbocycles. The summed E-state index contributed by atoms with van der Waals surface area (Å²) in [6.45, 7) is 4.97. The lowest BCUT2D eigenvalue weighted by atomic mass is 10.1. The maximum absolute atomic E-state index is 12.9. The van der Waals surface area contributed by atoms with Crippen molar-refractivity contribution < 1.29 is 48.1 Å². The summed E-state index contributed by atoms with van der Waals surface area (Å²) in [7, 11) is 3.50. The number of methoxy groups -OCH3 is 1. The second-order valence-electron chi connectivity index (χ2n) is 8.34. The van der Waals surface area contributed by atoms with Crippen LogP contribution < -0.4 is 38.6 Å². The van der Waals surface area contributed by atoms with Gasteiger partial charge in [-0.05, 0) is 50.8 Å². The molecule has 10 heteroatoms. The second-order valence-corrected chi connectivity index (χ2v) is 8.34. The first-order valence-corrected chi connectivity index (χ1v) is 11.3. The highest BCUT2D eigenvalue weighted by Gasteiger charge is 2.18. The Hall–Kier alpha value is -2.63. The molecule has 9 nitrogen and oxygen atoms in total. The quantitative estimate of drug-likeness (QED) is 0.0808. The molecular formula is C24H36IN5O4. The number of carbonyl (C=O) groups excluding carboxylic acids is 2. The van der Waals surface area contributed by atoms with Gasteiger partial charge in [0, 0.05) is 19.0 Å². The van der Waals surface area contributed by atoms with Gasteiger partial charge in [-0.1, -0.05) is 17.3 Å².